The van der Waals surface area contributed by atoms with Gasteiger partial charge in [0.15, 0.2) is 0 Å². The van der Waals surface area contributed by atoms with Crippen molar-refractivity contribution in [2.24, 2.45) is 0 Å². The molecule has 0 spiro atoms. The van der Waals surface area contributed by atoms with Gasteiger partial charge in [-0.1, -0.05) is 29.8 Å². The third-order valence-electron chi connectivity index (χ3n) is 4.34. The van der Waals surface area contributed by atoms with Crippen molar-refractivity contribution in [2.75, 3.05) is 25.7 Å². The maximum atomic E-state index is 12.7. The quantitative estimate of drug-likeness (QED) is 0.579. The number of hydrogen-bond acceptors (Lipinski definition) is 5. The average molecular weight is 367 g/mol. The number of rotatable bonds is 6. The van der Waals surface area contributed by atoms with Gasteiger partial charge >= 0.3 is 17.8 Å². The van der Waals surface area contributed by atoms with E-state index in [-0.39, 0.29) is 6.67 Å². The molecule has 1 saturated heterocycles. The zero-order chi connectivity index (χ0) is 19.6. The molecule has 0 unspecified atom stereocenters. The zero-order valence-electron chi connectivity index (χ0n) is 15.5. The SMILES string of the molecule is COc1ccc(CN(C)CN2C(=O)C(=O)N(c3ccc(C)cc3)C2=O)cc1. The van der Waals surface area contributed by atoms with E-state index in [9.17, 15) is 14.4 Å². The first-order valence-corrected chi connectivity index (χ1v) is 8.48. The highest BCUT2D eigenvalue weighted by atomic mass is 16.5. The van der Waals surface area contributed by atoms with E-state index < -0.39 is 17.8 Å². The topological polar surface area (TPSA) is 70.2 Å². The largest absolute Gasteiger partial charge is 0.497 e. The fourth-order valence-corrected chi connectivity index (χ4v) is 2.89. The first-order chi connectivity index (χ1) is 12.9. The van der Waals surface area contributed by atoms with Crippen LogP contribution >= 0.6 is 0 Å². The van der Waals surface area contributed by atoms with Gasteiger partial charge < -0.3 is 4.74 Å². The van der Waals surface area contributed by atoms with E-state index in [1.54, 1.807) is 43.3 Å². The number of urea groups is 1. The van der Waals surface area contributed by atoms with Gasteiger partial charge in [-0.3, -0.25) is 14.5 Å². The maximum absolute atomic E-state index is 12.7. The first kappa shape index (κ1) is 18.6. The number of aryl methyl sites for hydroxylation is 1. The minimum Gasteiger partial charge on any atom is -0.497 e. The van der Waals surface area contributed by atoms with E-state index in [1.807, 2.05) is 31.2 Å². The lowest BCUT2D eigenvalue weighted by Gasteiger charge is -2.22. The number of nitrogens with zero attached hydrogens (tertiary/aromatic N) is 3. The molecule has 2 aromatic rings. The average Bonchev–Trinajstić information content (AvgIpc) is 2.87. The fourth-order valence-electron chi connectivity index (χ4n) is 2.89. The number of benzene rings is 2. The monoisotopic (exact) mass is 367 g/mol. The third kappa shape index (κ3) is 3.83. The standard InChI is InChI=1S/C20H21N3O4/c1-14-4-8-16(9-5-14)23-19(25)18(24)22(20(23)26)13-21(2)12-15-6-10-17(27-3)11-7-15/h4-11H,12-13H2,1-3H3. The smallest absolute Gasteiger partial charge is 0.340 e. The van der Waals surface area contributed by atoms with Gasteiger partial charge in [0.2, 0.25) is 0 Å². The van der Waals surface area contributed by atoms with Crippen molar-refractivity contribution in [3.8, 4) is 5.75 Å². The minimum atomic E-state index is -0.832. The molecule has 3 rings (SSSR count). The van der Waals surface area contributed by atoms with Crippen LogP contribution in [0.1, 0.15) is 11.1 Å². The highest BCUT2D eigenvalue weighted by Gasteiger charge is 2.45. The van der Waals surface area contributed by atoms with E-state index >= 15 is 0 Å². The van der Waals surface area contributed by atoms with Gasteiger partial charge in [-0.15, -0.1) is 0 Å². The summed E-state index contributed by atoms with van der Waals surface area (Å²) in [6.45, 7) is 2.45. The Morgan fingerprint density at radius 2 is 1.56 bits per heavy atom. The Hall–Kier alpha value is -3.19. The van der Waals surface area contributed by atoms with Gasteiger partial charge in [0.1, 0.15) is 5.75 Å². The normalized spacial score (nSPS) is 14.4. The Morgan fingerprint density at radius 3 is 2.15 bits per heavy atom. The summed E-state index contributed by atoms with van der Waals surface area (Å²) in [7, 11) is 3.38. The summed E-state index contributed by atoms with van der Waals surface area (Å²) in [4.78, 5) is 40.9. The molecular formula is C20H21N3O4. The van der Waals surface area contributed by atoms with E-state index in [1.165, 1.54) is 0 Å². The van der Waals surface area contributed by atoms with Crippen LogP contribution in [0.3, 0.4) is 0 Å². The van der Waals surface area contributed by atoms with Crippen molar-refractivity contribution in [1.29, 1.82) is 0 Å². The predicted molar refractivity (Wildman–Crippen MR) is 100 cm³/mol. The molecule has 0 saturated carbocycles. The van der Waals surface area contributed by atoms with Crippen LogP contribution in [-0.4, -0.2) is 48.5 Å². The minimum absolute atomic E-state index is 0.0256. The molecule has 7 nitrogen and oxygen atoms in total. The molecule has 1 aliphatic rings. The number of anilines is 1. The molecule has 27 heavy (non-hydrogen) atoms. The van der Waals surface area contributed by atoms with Crippen LogP contribution in [0.25, 0.3) is 0 Å². The van der Waals surface area contributed by atoms with E-state index in [0.717, 1.165) is 26.7 Å². The molecule has 0 N–H and O–H groups in total. The second-order valence-electron chi connectivity index (χ2n) is 6.50. The van der Waals surface area contributed by atoms with Crippen LogP contribution in [0, 0.1) is 6.92 Å². The van der Waals surface area contributed by atoms with Crippen LogP contribution in [0.2, 0.25) is 0 Å². The molecule has 1 aliphatic heterocycles. The lowest BCUT2D eigenvalue weighted by atomic mass is 10.2. The van der Waals surface area contributed by atoms with Crippen LogP contribution in [0.15, 0.2) is 48.5 Å². The summed E-state index contributed by atoms with van der Waals surface area (Å²) >= 11 is 0. The summed E-state index contributed by atoms with van der Waals surface area (Å²) in [6.07, 6.45) is 0. The highest BCUT2D eigenvalue weighted by molar-refractivity contribution is 6.52. The van der Waals surface area contributed by atoms with Gasteiger partial charge in [-0.05, 0) is 43.8 Å². The summed E-state index contributed by atoms with van der Waals surface area (Å²) in [5.41, 5.74) is 2.39. The Morgan fingerprint density at radius 1 is 0.926 bits per heavy atom. The summed E-state index contributed by atoms with van der Waals surface area (Å²) in [5, 5.41) is 0. The number of carbonyl (C=O) groups excluding carboxylic acids is 3. The molecule has 0 aliphatic carbocycles. The molecule has 1 fully saturated rings. The molecule has 0 radical (unpaired) electrons. The summed E-state index contributed by atoms with van der Waals surface area (Å²) < 4.78 is 5.13. The Labute approximate surface area is 157 Å². The summed E-state index contributed by atoms with van der Waals surface area (Å²) in [5.74, 6) is -0.894. The number of carbonyl (C=O) groups is 3. The van der Waals surface area contributed by atoms with Crippen molar-refractivity contribution < 1.29 is 19.1 Å². The molecule has 1 heterocycles. The molecule has 4 amide bonds. The number of ether oxygens (including phenoxy) is 1. The number of hydrogen-bond donors (Lipinski definition) is 0. The van der Waals surface area contributed by atoms with E-state index in [0.29, 0.717) is 12.2 Å². The molecule has 0 atom stereocenters. The lowest BCUT2D eigenvalue weighted by Crippen LogP contribution is -2.40. The van der Waals surface area contributed by atoms with Crippen molar-refractivity contribution in [3.63, 3.8) is 0 Å². The van der Waals surface area contributed by atoms with Crippen LogP contribution in [0.5, 0.6) is 5.75 Å². The van der Waals surface area contributed by atoms with Crippen LogP contribution in [-0.2, 0) is 16.1 Å². The molecular weight excluding hydrogens is 346 g/mol. The predicted octanol–water partition coefficient (Wildman–Crippen LogP) is 2.39. The van der Waals surface area contributed by atoms with Crippen molar-refractivity contribution in [1.82, 2.24) is 9.80 Å². The number of amides is 4. The molecule has 0 bridgehead atoms. The first-order valence-electron chi connectivity index (χ1n) is 8.48. The molecule has 0 aromatic heterocycles. The second-order valence-corrected chi connectivity index (χ2v) is 6.50. The van der Waals surface area contributed by atoms with Gasteiger partial charge in [0.05, 0.1) is 19.5 Å². The molecule has 140 valence electrons. The number of methoxy groups -OCH3 is 1. The molecule has 2 aromatic carbocycles. The Balaban J connectivity index is 1.70. The number of imide groups is 2. The van der Waals surface area contributed by atoms with Gasteiger partial charge in [0.25, 0.3) is 0 Å². The lowest BCUT2D eigenvalue weighted by molar-refractivity contribution is -0.140. The van der Waals surface area contributed by atoms with Gasteiger partial charge in [0, 0.05) is 6.54 Å². The van der Waals surface area contributed by atoms with Crippen molar-refractivity contribution >= 4 is 23.5 Å². The Bertz CT molecular complexity index is 862. The van der Waals surface area contributed by atoms with Gasteiger partial charge in [-0.25, -0.2) is 14.6 Å². The highest BCUT2D eigenvalue weighted by Crippen LogP contribution is 2.23. The van der Waals surface area contributed by atoms with Gasteiger partial charge in [-0.2, -0.15) is 0 Å². The second kappa shape index (κ2) is 7.59. The zero-order valence-corrected chi connectivity index (χ0v) is 15.5. The summed E-state index contributed by atoms with van der Waals surface area (Å²) in [6, 6.07) is 13.8. The van der Waals surface area contributed by atoms with Crippen molar-refractivity contribution in [3.05, 3.63) is 59.7 Å². The maximum Gasteiger partial charge on any atom is 0.340 e. The molecule has 7 heteroatoms. The van der Waals surface area contributed by atoms with Crippen molar-refractivity contribution in [2.45, 2.75) is 13.5 Å². The van der Waals surface area contributed by atoms with Crippen LogP contribution in [0.4, 0.5) is 10.5 Å². The fraction of sp³-hybridized carbons (Fsp3) is 0.250. The van der Waals surface area contributed by atoms with E-state index in [2.05, 4.69) is 0 Å². The third-order valence-corrected chi connectivity index (χ3v) is 4.34. The van der Waals surface area contributed by atoms with Crippen LogP contribution < -0.4 is 9.64 Å². The van der Waals surface area contributed by atoms with E-state index in [4.69, 9.17) is 4.74 Å². The Kier molecular flexibility index (Phi) is 5.23.